The molecule has 1 N–H and O–H groups in total. The number of para-hydroxylation sites is 1. The van der Waals surface area contributed by atoms with Crippen LogP contribution < -0.4 is 10.1 Å². The summed E-state index contributed by atoms with van der Waals surface area (Å²) in [5.74, 6) is -0.468. The van der Waals surface area contributed by atoms with Gasteiger partial charge in [0, 0.05) is 22.2 Å². The van der Waals surface area contributed by atoms with Gasteiger partial charge in [-0.3, -0.25) is 9.59 Å². The van der Waals surface area contributed by atoms with Crippen molar-refractivity contribution in [3.63, 3.8) is 0 Å². The van der Waals surface area contributed by atoms with Crippen molar-refractivity contribution in [2.45, 2.75) is 6.92 Å². The number of carbonyl (C=O) groups excluding carboxylic acids is 3. The molecule has 0 radical (unpaired) electrons. The summed E-state index contributed by atoms with van der Waals surface area (Å²) in [6.07, 6.45) is 0. The third kappa shape index (κ3) is 5.10. The van der Waals surface area contributed by atoms with Crippen molar-refractivity contribution >= 4 is 34.3 Å². The first-order valence-corrected chi connectivity index (χ1v) is 10.6. The van der Waals surface area contributed by atoms with Crippen molar-refractivity contribution in [1.82, 2.24) is 4.98 Å². The Hall–Kier alpha value is -4.52. The van der Waals surface area contributed by atoms with Gasteiger partial charge in [-0.1, -0.05) is 18.2 Å². The summed E-state index contributed by atoms with van der Waals surface area (Å²) in [6, 6.07) is 22.7. The van der Waals surface area contributed by atoms with Crippen LogP contribution in [0.3, 0.4) is 0 Å². The minimum Gasteiger partial charge on any atom is -0.497 e. The van der Waals surface area contributed by atoms with Crippen LogP contribution in [0.2, 0.25) is 0 Å². The first kappa shape index (κ1) is 22.7. The van der Waals surface area contributed by atoms with E-state index >= 15 is 0 Å². The van der Waals surface area contributed by atoms with Crippen LogP contribution in [-0.4, -0.2) is 36.4 Å². The van der Waals surface area contributed by atoms with E-state index in [4.69, 9.17) is 9.47 Å². The van der Waals surface area contributed by atoms with Crippen LogP contribution in [0.5, 0.6) is 5.75 Å². The Morgan fingerprint density at radius 3 is 2.29 bits per heavy atom. The summed E-state index contributed by atoms with van der Waals surface area (Å²) in [5, 5.41) is 3.28. The zero-order valence-corrected chi connectivity index (χ0v) is 18.7. The normalized spacial score (nSPS) is 10.5. The zero-order valence-electron chi connectivity index (χ0n) is 18.7. The lowest BCUT2D eigenvalue weighted by Crippen LogP contribution is -2.21. The number of benzene rings is 3. The number of aromatic nitrogens is 1. The Morgan fingerprint density at radius 1 is 0.912 bits per heavy atom. The Morgan fingerprint density at radius 2 is 1.62 bits per heavy atom. The van der Waals surface area contributed by atoms with Gasteiger partial charge in [-0.2, -0.15) is 0 Å². The number of nitrogens with one attached hydrogen (secondary N) is 1. The summed E-state index contributed by atoms with van der Waals surface area (Å²) in [5.41, 5.74) is 3.41. The number of hydrogen-bond donors (Lipinski definition) is 1. The van der Waals surface area contributed by atoms with Gasteiger partial charge in [0.1, 0.15) is 5.75 Å². The fourth-order valence-corrected chi connectivity index (χ4v) is 3.45. The molecule has 7 heteroatoms. The lowest BCUT2D eigenvalue weighted by molar-refractivity contribution is -0.119. The molecule has 0 saturated carbocycles. The number of esters is 1. The second-order valence-corrected chi connectivity index (χ2v) is 7.56. The molecule has 0 aliphatic carbocycles. The van der Waals surface area contributed by atoms with Gasteiger partial charge in [0.05, 0.1) is 23.9 Å². The molecule has 1 heterocycles. The van der Waals surface area contributed by atoms with Crippen molar-refractivity contribution in [2.24, 2.45) is 0 Å². The number of carbonyl (C=O) groups is 3. The number of fused-ring (bicyclic) bond motifs is 1. The summed E-state index contributed by atoms with van der Waals surface area (Å²) >= 11 is 0. The number of Topliss-reactive ketones (excluding diaryl/α,β-unsaturated/α-hetero) is 1. The van der Waals surface area contributed by atoms with E-state index in [9.17, 15) is 14.4 Å². The third-order valence-corrected chi connectivity index (χ3v) is 5.23. The molecule has 3 aromatic carbocycles. The molecule has 0 bridgehead atoms. The Labute approximate surface area is 196 Å². The molecule has 4 aromatic rings. The highest BCUT2D eigenvalue weighted by Crippen LogP contribution is 2.27. The molecule has 4 rings (SSSR count). The van der Waals surface area contributed by atoms with Gasteiger partial charge in [0.15, 0.2) is 12.4 Å². The second-order valence-electron chi connectivity index (χ2n) is 7.56. The monoisotopic (exact) mass is 454 g/mol. The fraction of sp³-hybridized carbons (Fsp3) is 0.111. The number of ketones is 1. The first-order chi connectivity index (χ1) is 16.4. The fourth-order valence-electron chi connectivity index (χ4n) is 3.45. The topological polar surface area (TPSA) is 94.6 Å². The highest BCUT2D eigenvalue weighted by molar-refractivity contribution is 6.05. The summed E-state index contributed by atoms with van der Waals surface area (Å²) in [4.78, 5) is 41.3. The molecule has 0 atom stereocenters. The molecular formula is C27H22N2O5. The van der Waals surface area contributed by atoms with Gasteiger partial charge < -0.3 is 14.8 Å². The first-order valence-electron chi connectivity index (χ1n) is 10.6. The molecular weight excluding hydrogens is 432 g/mol. The minimum atomic E-state index is -0.629. The highest BCUT2D eigenvalue weighted by atomic mass is 16.5. The van der Waals surface area contributed by atoms with Crippen LogP contribution in [0.4, 0.5) is 5.69 Å². The van der Waals surface area contributed by atoms with E-state index in [0.717, 1.165) is 5.56 Å². The second kappa shape index (κ2) is 9.95. The molecule has 0 saturated heterocycles. The Balaban J connectivity index is 1.52. The molecule has 34 heavy (non-hydrogen) atoms. The van der Waals surface area contributed by atoms with Crippen molar-refractivity contribution in [2.75, 3.05) is 19.0 Å². The number of nitrogens with zero attached hydrogens (tertiary/aromatic N) is 1. The smallest absolute Gasteiger partial charge is 0.339 e. The van der Waals surface area contributed by atoms with E-state index < -0.39 is 18.5 Å². The average Bonchev–Trinajstić information content (AvgIpc) is 2.87. The van der Waals surface area contributed by atoms with Crippen molar-refractivity contribution < 1.29 is 23.9 Å². The van der Waals surface area contributed by atoms with Crippen LogP contribution in [0, 0.1) is 0 Å². The molecule has 0 unspecified atom stereocenters. The Bertz CT molecular complexity index is 1360. The molecule has 0 fully saturated rings. The van der Waals surface area contributed by atoms with Crippen LogP contribution in [0.15, 0.2) is 78.9 Å². The maximum Gasteiger partial charge on any atom is 0.339 e. The number of methoxy groups -OCH3 is 1. The number of rotatable bonds is 7. The molecule has 1 amide bonds. The molecule has 0 aliphatic heterocycles. The maximum absolute atomic E-state index is 12.9. The van der Waals surface area contributed by atoms with E-state index in [1.165, 1.54) is 6.92 Å². The standard InChI is InChI=1S/C27H22N2O5/c1-17(30)18-7-11-20(12-8-18)28-26(31)16-34-27(32)23-15-25(19-9-13-21(33-2)14-10-19)29-24-6-4-3-5-22(23)24/h3-15H,16H2,1-2H3,(H,28,31). The average molecular weight is 454 g/mol. The quantitative estimate of drug-likeness (QED) is 0.315. The molecule has 170 valence electrons. The SMILES string of the molecule is COc1ccc(-c2cc(C(=O)OCC(=O)Nc3ccc(C(C)=O)cc3)c3ccccc3n2)cc1. The zero-order chi connectivity index (χ0) is 24.1. The molecule has 1 aromatic heterocycles. The number of anilines is 1. The number of amides is 1. The van der Waals surface area contributed by atoms with Crippen molar-refractivity contribution in [3.8, 4) is 17.0 Å². The lowest BCUT2D eigenvalue weighted by Gasteiger charge is -2.11. The predicted molar refractivity (Wildman–Crippen MR) is 129 cm³/mol. The Kier molecular flexibility index (Phi) is 6.64. The van der Waals surface area contributed by atoms with E-state index in [1.54, 1.807) is 43.5 Å². The van der Waals surface area contributed by atoms with Gasteiger partial charge in [-0.05, 0) is 67.6 Å². The van der Waals surface area contributed by atoms with Gasteiger partial charge in [0.2, 0.25) is 0 Å². The van der Waals surface area contributed by atoms with Crippen LogP contribution in [0.1, 0.15) is 27.6 Å². The molecule has 7 nitrogen and oxygen atoms in total. The van der Waals surface area contributed by atoms with Crippen molar-refractivity contribution in [3.05, 3.63) is 90.0 Å². The largest absolute Gasteiger partial charge is 0.497 e. The van der Waals surface area contributed by atoms with E-state index in [0.29, 0.717) is 39.2 Å². The van der Waals surface area contributed by atoms with Crippen LogP contribution >= 0.6 is 0 Å². The van der Waals surface area contributed by atoms with Crippen LogP contribution in [0.25, 0.3) is 22.2 Å². The molecule has 0 spiro atoms. The predicted octanol–water partition coefficient (Wildman–Crippen LogP) is 4.91. The van der Waals surface area contributed by atoms with E-state index in [-0.39, 0.29) is 5.78 Å². The van der Waals surface area contributed by atoms with E-state index in [1.807, 2.05) is 42.5 Å². The van der Waals surface area contributed by atoms with Crippen molar-refractivity contribution in [1.29, 1.82) is 0 Å². The number of hydrogen-bond acceptors (Lipinski definition) is 6. The van der Waals surface area contributed by atoms with Gasteiger partial charge in [-0.15, -0.1) is 0 Å². The van der Waals surface area contributed by atoms with Gasteiger partial charge in [-0.25, -0.2) is 9.78 Å². The van der Waals surface area contributed by atoms with Crippen LogP contribution in [-0.2, 0) is 9.53 Å². The summed E-state index contributed by atoms with van der Waals surface area (Å²) < 4.78 is 10.5. The number of pyridine rings is 1. The van der Waals surface area contributed by atoms with E-state index in [2.05, 4.69) is 10.3 Å². The molecule has 0 aliphatic rings. The minimum absolute atomic E-state index is 0.0645. The van der Waals surface area contributed by atoms with Gasteiger partial charge >= 0.3 is 5.97 Å². The van der Waals surface area contributed by atoms with Gasteiger partial charge in [0.25, 0.3) is 5.91 Å². The summed E-state index contributed by atoms with van der Waals surface area (Å²) in [6.45, 7) is 1.01. The number of ether oxygens (including phenoxy) is 2. The highest BCUT2D eigenvalue weighted by Gasteiger charge is 2.17. The maximum atomic E-state index is 12.9. The third-order valence-electron chi connectivity index (χ3n) is 5.23. The lowest BCUT2D eigenvalue weighted by atomic mass is 10.0. The summed E-state index contributed by atoms with van der Waals surface area (Å²) in [7, 11) is 1.59.